The highest BCUT2D eigenvalue weighted by molar-refractivity contribution is 7.93. The molecule has 4 nitrogen and oxygen atoms in total. The predicted molar refractivity (Wildman–Crippen MR) is 83.6 cm³/mol. The van der Waals surface area contributed by atoms with Gasteiger partial charge in [-0.1, -0.05) is 38.9 Å². The summed E-state index contributed by atoms with van der Waals surface area (Å²) in [5, 5.41) is -0.740. The van der Waals surface area contributed by atoms with Gasteiger partial charge in [-0.3, -0.25) is 0 Å². The normalized spacial score (nSPS) is 26.0. The minimum atomic E-state index is -3.42. The van der Waals surface area contributed by atoms with Crippen LogP contribution in [-0.2, 0) is 10.0 Å². The van der Waals surface area contributed by atoms with Gasteiger partial charge < -0.3 is 5.73 Å². The zero-order valence-electron chi connectivity index (χ0n) is 11.9. The first-order chi connectivity index (χ1) is 8.90. The minimum Gasteiger partial charge on any atom is -0.392 e. The standard InChI is InChI=1S/C13H26N2O2S2/c1-3-5-10-6-8-11(9-7-10)15-19(16,17)12(4-2)13(14)18/h10-12,15H,3-9H2,1-2H3,(H2,14,18). The predicted octanol–water partition coefficient (Wildman–Crippen LogP) is 2.33. The molecule has 0 aliphatic heterocycles. The fourth-order valence-electron chi connectivity index (χ4n) is 2.87. The van der Waals surface area contributed by atoms with E-state index >= 15 is 0 Å². The Bertz CT molecular complexity index is 387. The molecule has 0 saturated heterocycles. The third kappa shape index (κ3) is 5.00. The van der Waals surface area contributed by atoms with Gasteiger partial charge in [0, 0.05) is 6.04 Å². The number of thiocarbonyl (C=S) groups is 1. The van der Waals surface area contributed by atoms with E-state index in [0.717, 1.165) is 31.6 Å². The maximum absolute atomic E-state index is 12.2. The molecule has 19 heavy (non-hydrogen) atoms. The fraction of sp³-hybridized carbons (Fsp3) is 0.923. The van der Waals surface area contributed by atoms with E-state index in [-0.39, 0.29) is 11.0 Å². The van der Waals surface area contributed by atoms with Crippen molar-refractivity contribution in [3.63, 3.8) is 0 Å². The summed E-state index contributed by atoms with van der Waals surface area (Å²) in [6.07, 6.45) is 6.98. The topological polar surface area (TPSA) is 72.2 Å². The molecule has 112 valence electrons. The first-order valence-corrected chi connectivity index (χ1v) is 9.16. The van der Waals surface area contributed by atoms with E-state index in [1.807, 2.05) is 0 Å². The third-order valence-electron chi connectivity index (χ3n) is 3.94. The molecule has 0 spiro atoms. The van der Waals surface area contributed by atoms with Gasteiger partial charge in [0.1, 0.15) is 5.25 Å². The van der Waals surface area contributed by atoms with Crippen molar-refractivity contribution in [3.8, 4) is 0 Å². The van der Waals surface area contributed by atoms with E-state index in [0.29, 0.717) is 6.42 Å². The van der Waals surface area contributed by atoms with Gasteiger partial charge in [0.05, 0.1) is 4.99 Å². The Morgan fingerprint density at radius 2 is 1.89 bits per heavy atom. The lowest BCUT2D eigenvalue weighted by Crippen LogP contribution is -2.46. The van der Waals surface area contributed by atoms with E-state index < -0.39 is 15.3 Å². The van der Waals surface area contributed by atoms with Gasteiger partial charge >= 0.3 is 0 Å². The van der Waals surface area contributed by atoms with Crippen molar-refractivity contribution in [1.29, 1.82) is 0 Å². The van der Waals surface area contributed by atoms with Crippen LogP contribution in [0.2, 0.25) is 0 Å². The van der Waals surface area contributed by atoms with Crippen LogP contribution in [0.3, 0.4) is 0 Å². The Hall–Kier alpha value is -0.200. The van der Waals surface area contributed by atoms with Crippen LogP contribution < -0.4 is 10.5 Å². The van der Waals surface area contributed by atoms with E-state index in [2.05, 4.69) is 11.6 Å². The lowest BCUT2D eigenvalue weighted by atomic mass is 9.84. The number of hydrogen-bond donors (Lipinski definition) is 2. The van der Waals surface area contributed by atoms with Crippen LogP contribution in [0.25, 0.3) is 0 Å². The van der Waals surface area contributed by atoms with Gasteiger partial charge in [-0.05, 0) is 38.0 Å². The maximum Gasteiger partial charge on any atom is 0.221 e. The van der Waals surface area contributed by atoms with Crippen molar-refractivity contribution >= 4 is 27.2 Å². The molecule has 0 aromatic heterocycles. The van der Waals surface area contributed by atoms with Crippen molar-refractivity contribution in [1.82, 2.24) is 4.72 Å². The van der Waals surface area contributed by atoms with Crippen LogP contribution in [0.5, 0.6) is 0 Å². The Kier molecular flexibility index (Phi) is 6.69. The molecular formula is C13H26N2O2S2. The quantitative estimate of drug-likeness (QED) is 0.708. The molecule has 0 heterocycles. The second-order valence-corrected chi connectivity index (χ2v) is 7.83. The second-order valence-electron chi connectivity index (χ2n) is 5.47. The fourth-order valence-corrected chi connectivity index (χ4v) is 5.02. The monoisotopic (exact) mass is 306 g/mol. The largest absolute Gasteiger partial charge is 0.392 e. The van der Waals surface area contributed by atoms with E-state index in [1.54, 1.807) is 6.92 Å². The molecule has 1 rings (SSSR count). The smallest absolute Gasteiger partial charge is 0.221 e. The summed E-state index contributed by atoms with van der Waals surface area (Å²) in [6, 6.07) is 0.0570. The van der Waals surface area contributed by atoms with Gasteiger partial charge in [-0.15, -0.1) is 0 Å². The SMILES string of the molecule is CCCC1CCC(NS(=O)(=O)C(CC)C(N)=S)CC1. The molecule has 1 fully saturated rings. The Labute approximate surface area is 122 Å². The van der Waals surface area contributed by atoms with Crippen molar-refractivity contribution < 1.29 is 8.42 Å². The summed E-state index contributed by atoms with van der Waals surface area (Å²) in [5.41, 5.74) is 5.51. The molecule has 6 heteroatoms. The first-order valence-electron chi connectivity index (χ1n) is 7.21. The molecule has 0 bridgehead atoms. The summed E-state index contributed by atoms with van der Waals surface area (Å²) >= 11 is 4.84. The van der Waals surface area contributed by atoms with Gasteiger partial charge in [0.2, 0.25) is 10.0 Å². The van der Waals surface area contributed by atoms with Crippen molar-refractivity contribution in [3.05, 3.63) is 0 Å². The van der Waals surface area contributed by atoms with E-state index in [4.69, 9.17) is 18.0 Å². The molecule has 1 saturated carbocycles. The number of nitrogens with two attached hydrogens (primary N) is 1. The summed E-state index contributed by atoms with van der Waals surface area (Å²) in [4.78, 5) is 0.0645. The molecule has 1 aliphatic carbocycles. The molecule has 0 aromatic rings. The zero-order chi connectivity index (χ0) is 14.5. The molecule has 0 aromatic carbocycles. The average molecular weight is 306 g/mol. The highest BCUT2D eigenvalue weighted by atomic mass is 32.2. The Morgan fingerprint density at radius 3 is 2.32 bits per heavy atom. The van der Waals surface area contributed by atoms with Crippen molar-refractivity contribution in [2.75, 3.05) is 0 Å². The lowest BCUT2D eigenvalue weighted by Gasteiger charge is -2.29. The lowest BCUT2D eigenvalue weighted by molar-refractivity contribution is 0.297. The molecule has 1 unspecified atom stereocenters. The van der Waals surface area contributed by atoms with Crippen LogP contribution in [-0.4, -0.2) is 24.7 Å². The third-order valence-corrected chi connectivity index (χ3v) is 6.37. The molecule has 0 radical (unpaired) electrons. The highest BCUT2D eigenvalue weighted by Gasteiger charge is 2.30. The van der Waals surface area contributed by atoms with E-state index in [9.17, 15) is 8.42 Å². The van der Waals surface area contributed by atoms with Crippen molar-refractivity contribution in [2.45, 2.75) is 70.1 Å². The number of sulfonamides is 1. The summed E-state index contributed by atoms with van der Waals surface area (Å²) in [5.74, 6) is 0.767. The van der Waals surface area contributed by atoms with Crippen LogP contribution in [0.15, 0.2) is 0 Å². The summed E-state index contributed by atoms with van der Waals surface area (Å²) < 4.78 is 27.2. The number of nitrogens with one attached hydrogen (secondary N) is 1. The van der Waals surface area contributed by atoms with E-state index in [1.165, 1.54) is 12.8 Å². The molecule has 1 atom stereocenters. The summed E-state index contributed by atoms with van der Waals surface area (Å²) in [6.45, 7) is 3.99. The van der Waals surface area contributed by atoms with Crippen LogP contribution in [0, 0.1) is 5.92 Å². The zero-order valence-corrected chi connectivity index (χ0v) is 13.5. The second kappa shape index (κ2) is 7.55. The molecular weight excluding hydrogens is 280 g/mol. The van der Waals surface area contributed by atoms with Gasteiger partial charge in [-0.25, -0.2) is 13.1 Å². The minimum absolute atomic E-state index is 0.0570. The summed E-state index contributed by atoms with van der Waals surface area (Å²) in [7, 11) is -3.42. The van der Waals surface area contributed by atoms with Crippen molar-refractivity contribution in [2.24, 2.45) is 11.7 Å². The van der Waals surface area contributed by atoms with Gasteiger partial charge in [-0.2, -0.15) is 0 Å². The van der Waals surface area contributed by atoms with Gasteiger partial charge in [0.25, 0.3) is 0 Å². The first kappa shape index (κ1) is 16.9. The van der Waals surface area contributed by atoms with Gasteiger partial charge in [0.15, 0.2) is 0 Å². The number of hydrogen-bond acceptors (Lipinski definition) is 3. The molecule has 0 amide bonds. The highest BCUT2D eigenvalue weighted by Crippen LogP contribution is 2.28. The molecule has 1 aliphatic rings. The van der Waals surface area contributed by atoms with Crippen LogP contribution in [0.4, 0.5) is 0 Å². The molecule has 3 N–H and O–H groups in total. The van der Waals surface area contributed by atoms with Crippen LogP contribution in [0.1, 0.15) is 58.8 Å². The Morgan fingerprint density at radius 1 is 1.32 bits per heavy atom. The maximum atomic E-state index is 12.2. The van der Waals surface area contributed by atoms with Crippen LogP contribution >= 0.6 is 12.2 Å². The Balaban J connectivity index is 2.54. The number of rotatable bonds is 7. The average Bonchev–Trinajstić information content (AvgIpc) is 2.31.